The van der Waals surface area contributed by atoms with Gasteiger partial charge >= 0.3 is 0 Å². The van der Waals surface area contributed by atoms with Gasteiger partial charge in [0.15, 0.2) is 0 Å². The predicted molar refractivity (Wildman–Crippen MR) is 142 cm³/mol. The predicted octanol–water partition coefficient (Wildman–Crippen LogP) is 4.79. The molecule has 7 nitrogen and oxygen atoms in total. The first kappa shape index (κ1) is 26.9. The lowest BCUT2D eigenvalue weighted by Crippen LogP contribution is -2.34. The molecule has 35 heavy (non-hydrogen) atoms. The van der Waals surface area contributed by atoms with Gasteiger partial charge in [-0.2, -0.15) is 0 Å². The molecule has 1 aromatic carbocycles. The third-order valence-electron chi connectivity index (χ3n) is 6.67. The molecule has 0 unspecified atom stereocenters. The highest BCUT2D eigenvalue weighted by Gasteiger charge is 2.20. The molecule has 1 N–H and O–H groups in total. The second-order valence-corrected chi connectivity index (χ2v) is 10.2. The molecule has 1 aliphatic rings. The van der Waals surface area contributed by atoms with Crippen LogP contribution in [0.4, 0.5) is 5.69 Å². The lowest BCUT2D eigenvalue weighted by atomic mass is 10.0. The van der Waals surface area contributed by atoms with E-state index in [2.05, 4.69) is 33.6 Å². The first-order chi connectivity index (χ1) is 16.8. The van der Waals surface area contributed by atoms with E-state index in [4.69, 9.17) is 0 Å². The summed E-state index contributed by atoms with van der Waals surface area (Å²) in [5.41, 5.74) is 2.66. The van der Waals surface area contributed by atoms with Gasteiger partial charge in [-0.05, 0) is 62.4 Å². The summed E-state index contributed by atoms with van der Waals surface area (Å²) in [5.74, 6) is 1.54. The van der Waals surface area contributed by atoms with Gasteiger partial charge in [-0.15, -0.1) is 0 Å². The summed E-state index contributed by atoms with van der Waals surface area (Å²) in [5, 5.41) is 3.07. The van der Waals surface area contributed by atoms with Crippen LogP contribution < -0.4 is 10.2 Å². The molecule has 0 saturated heterocycles. The summed E-state index contributed by atoms with van der Waals surface area (Å²) < 4.78 is 2.09. The fraction of sp³-hybridized carbons (Fsp3) is 0.607. The summed E-state index contributed by atoms with van der Waals surface area (Å²) in [4.78, 5) is 34.2. The monoisotopic (exact) mass is 481 g/mol. The molecule has 0 saturated carbocycles. The van der Waals surface area contributed by atoms with E-state index < -0.39 is 0 Å². The van der Waals surface area contributed by atoms with Crippen LogP contribution in [0.3, 0.4) is 0 Å². The molecule has 0 aliphatic carbocycles. The van der Waals surface area contributed by atoms with E-state index in [1.54, 1.807) is 13.1 Å². The Hall–Kier alpha value is -2.67. The number of nitrogens with one attached hydrogen (secondary N) is 1. The maximum absolute atomic E-state index is 13.0. The Bertz CT molecular complexity index is 968. The minimum absolute atomic E-state index is 0.0608. The van der Waals surface area contributed by atoms with Crippen molar-refractivity contribution in [3.05, 3.63) is 47.5 Å². The summed E-state index contributed by atoms with van der Waals surface area (Å²) in [7, 11) is 0. The number of amides is 2. The van der Waals surface area contributed by atoms with Gasteiger partial charge in [0, 0.05) is 63.3 Å². The van der Waals surface area contributed by atoms with Crippen molar-refractivity contribution in [1.82, 2.24) is 19.8 Å². The molecular formula is C28H43N5O2. The number of hydrogen-bond acceptors (Lipinski definition) is 4. The highest BCUT2D eigenvalue weighted by Crippen LogP contribution is 2.26. The maximum Gasteiger partial charge on any atom is 0.251 e. The van der Waals surface area contributed by atoms with E-state index >= 15 is 0 Å². The lowest BCUT2D eigenvalue weighted by molar-refractivity contribution is -0.116. The van der Waals surface area contributed by atoms with Crippen LogP contribution in [0.15, 0.2) is 30.6 Å². The molecule has 1 aliphatic heterocycles. The third kappa shape index (κ3) is 8.20. The Labute approximate surface area is 210 Å². The molecule has 7 heteroatoms. The molecule has 192 valence electrons. The standard InChI is InChI=1S/C28H43N5O2/c1-22(2)20-31-15-8-6-5-7-9-17-33(24(4)34)27-12-11-25(19-26(27)21-31)28(35)30-13-10-16-32-18-14-29-23(32)3/h11-12,14,18-19,22H,5-10,13,15-17,20-21H2,1-4H3,(H,30,35). The van der Waals surface area contributed by atoms with Crippen LogP contribution in [0.2, 0.25) is 0 Å². The van der Waals surface area contributed by atoms with Gasteiger partial charge in [-0.25, -0.2) is 4.98 Å². The van der Waals surface area contributed by atoms with Gasteiger partial charge in [0.2, 0.25) is 5.91 Å². The molecule has 0 fully saturated rings. The molecule has 2 heterocycles. The number of fused-ring (bicyclic) bond motifs is 1. The van der Waals surface area contributed by atoms with Crippen molar-refractivity contribution in [2.45, 2.75) is 79.3 Å². The number of aryl methyl sites for hydroxylation is 2. The van der Waals surface area contributed by atoms with Crippen LogP contribution in [0.25, 0.3) is 0 Å². The Kier molecular flexibility index (Phi) is 10.3. The minimum Gasteiger partial charge on any atom is -0.352 e. The van der Waals surface area contributed by atoms with E-state index in [-0.39, 0.29) is 11.8 Å². The Morgan fingerprint density at radius 3 is 2.51 bits per heavy atom. The van der Waals surface area contributed by atoms with Gasteiger partial charge < -0.3 is 14.8 Å². The minimum atomic E-state index is -0.0638. The van der Waals surface area contributed by atoms with E-state index in [0.717, 1.165) is 69.1 Å². The van der Waals surface area contributed by atoms with Gasteiger partial charge in [0.25, 0.3) is 5.91 Å². The fourth-order valence-electron chi connectivity index (χ4n) is 4.89. The number of rotatable bonds is 7. The summed E-state index contributed by atoms with van der Waals surface area (Å²) in [6, 6.07) is 5.84. The van der Waals surface area contributed by atoms with Crippen LogP contribution in [0.5, 0.6) is 0 Å². The number of aromatic nitrogens is 2. The molecule has 1 aromatic heterocycles. The highest BCUT2D eigenvalue weighted by molar-refractivity contribution is 5.97. The van der Waals surface area contributed by atoms with Gasteiger partial charge in [-0.1, -0.05) is 33.1 Å². The van der Waals surface area contributed by atoms with Crippen molar-refractivity contribution in [3.63, 3.8) is 0 Å². The van der Waals surface area contributed by atoms with E-state index in [9.17, 15) is 9.59 Å². The van der Waals surface area contributed by atoms with Crippen molar-refractivity contribution >= 4 is 17.5 Å². The zero-order chi connectivity index (χ0) is 25.2. The number of carbonyl (C=O) groups excluding carboxylic acids is 2. The SMILES string of the molecule is CC(=O)N1CCCCCCCN(CC(C)C)Cc2cc(C(=O)NCCCn3ccnc3C)ccc21. The average molecular weight is 482 g/mol. The quantitative estimate of drug-likeness (QED) is 0.578. The maximum atomic E-state index is 13.0. The summed E-state index contributed by atoms with van der Waals surface area (Å²) in [6.45, 7) is 13.1. The fourth-order valence-corrected chi connectivity index (χ4v) is 4.89. The van der Waals surface area contributed by atoms with Crippen LogP contribution in [-0.4, -0.2) is 52.4 Å². The highest BCUT2D eigenvalue weighted by atomic mass is 16.2. The molecule has 0 radical (unpaired) electrons. The van der Waals surface area contributed by atoms with E-state index in [0.29, 0.717) is 18.0 Å². The molecule has 0 bridgehead atoms. The first-order valence-electron chi connectivity index (χ1n) is 13.2. The summed E-state index contributed by atoms with van der Waals surface area (Å²) >= 11 is 0. The van der Waals surface area contributed by atoms with Crippen LogP contribution >= 0.6 is 0 Å². The van der Waals surface area contributed by atoms with Gasteiger partial charge in [-0.3, -0.25) is 14.5 Å². The van der Waals surface area contributed by atoms with Crippen molar-refractivity contribution in [1.29, 1.82) is 0 Å². The van der Waals surface area contributed by atoms with E-state index in [1.807, 2.05) is 36.2 Å². The average Bonchev–Trinajstić information content (AvgIpc) is 3.21. The number of benzene rings is 1. The molecule has 0 spiro atoms. The van der Waals surface area contributed by atoms with Crippen LogP contribution in [-0.2, 0) is 17.9 Å². The number of imidazole rings is 1. The smallest absolute Gasteiger partial charge is 0.251 e. The van der Waals surface area contributed by atoms with Crippen molar-refractivity contribution in [3.8, 4) is 0 Å². The Balaban J connectivity index is 1.77. The molecule has 2 amide bonds. The number of nitrogens with zero attached hydrogens (tertiary/aromatic N) is 4. The van der Waals surface area contributed by atoms with Gasteiger partial charge in [0.05, 0.1) is 0 Å². The molecule has 0 atom stereocenters. The van der Waals surface area contributed by atoms with Crippen LogP contribution in [0, 0.1) is 12.8 Å². The Morgan fingerprint density at radius 1 is 1.09 bits per heavy atom. The summed E-state index contributed by atoms with van der Waals surface area (Å²) in [6.07, 6.45) is 10.4. The second-order valence-electron chi connectivity index (χ2n) is 10.2. The lowest BCUT2D eigenvalue weighted by Gasteiger charge is -2.30. The normalized spacial score (nSPS) is 15.9. The van der Waals surface area contributed by atoms with Gasteiger partial charge in [0.1, 0.15) is 5.82 Å². The first-order valence-corrected chi connectivity index (χ1v) is 13.2. The molecular weight excluding hydrogens is 438 g/mol. The third-order valence-corrected chi connectivity index (χ3v) is 6.67. The number of carbonyl (C=O) groups is 2. The molecule has 3 rings (SSSR count). The van der Waals surface area contributed by atoms with E-state index in [1.165, 1.54) is 19.3 Å². The zero-order valence-corrected chi connectivity index (χ0v) is 22.1. The topological polar surface area (TPSA) is 70.5 Å². The van der Waals surface area contributed by atoms with Crippen LogP contribution in [0.1, 0.15) is 81.0 Å². The zero-order valence-electron chi connectivity index (χ0n) is 22.1. The molecule has 2 aromatic rings. The van der Waals surface area contributed by atoms with Crippen molar-refractivity contribution in [2.75, 3.05) is 31.1 Å². The second kappa shape index (κ2) is 13.4. The van der Waals surface area contributed by atoms with Crippen molar-refractivity contribution in [2.24, 2.45) is 5.92 Å². The van der Waals surface area contributed by atoms with Crippen molar-refractivity contribution < 1.29 is 9.59 Å². The Morgan fingerprint density at radius 2 is 1.83 bits per heavy atom. The number of hydrogen-bond donors (Lipinski definition) is 1. The largest absolute Gasteiger partial charge is 0.352 e. The number of anilines is 1.